The van der Waals surface area contributed by atoms with Gasteiger partial charge in [0.2, 0.25) is 0 Å². The summed E-state index contributed by atoms with van der Waals surface area (Å²) in [5, 5.41) is 2.86. The summed E-state index contributed by atoms with van der Waals surface area (Å²) >= 11 is 0. The van der Waals surface area contributed by atoms with Gasteiger partial charge in [0.1, 0.15) is 6.04 Å². The van der Waals surface area contributed by atoms with Crippen molar-refractivity contribution >= 4 is 15.8 Å². The number of rotatable bonds is 7. The third kappa shape index (κ3) is 5.74. The molecule has 1 atom stereocenters. The Bertz CT molecular complexity index is 286. The lowest BCUT2D eigenvalue weighted by Crippen LogP contribution is -2.39. The maximum atomic E-state index is 11.2. The van der Waals surface area contributed by atoms with Crippen LogP contribution < -0.4 is 5.32 Å². The molecule has 0 bridgehead atoms. The second-order valence-corrected chi connectivity index (χ2v) is 5.65. The van der Waals surface area contributed by atoms with Crippen molar-refractivity contribution in [3.05, 3.63) is 0 Å². The molecule has 0 saturated carbocycles. The highest BCUT2D eigenvalue weighted by Gasteiger charge is 2.16. The van der Waals surface area contributed by atoms with E-state index in [2.05, 4.69) is 10.1 Å². The molecule has 0 fully saturated rings. The van der Waals surface area contributed by atoms with Crippen molar-refractivity contribution < 1.29 is 17.9 Å². The molecule has 90 valence electrons. The first kappa shape index (κ1) is 14.4. The zero-order valence-electron chi connectivity index (χ0n) is 9.45. The maximum absolute atomic E-state index is 11.2. The minimum Gasteiger partial charge on any atom is -0.468 e. The Kier molecular flexibility index (Phi) is 6.51. The van der Waals surface area contributed by atoms with Crippen molar-refractivity contribution in [3.63, 3.8) is 0 Å². The van der Waals surface area contributed by atoms with E-state index in [0.717, 1.165) is 0 Å². The van der Waals surface area contributed by atoms with Crippen LogP contribution in [0.25, 0.3) is 0 Å². The molecule has 0 aliphatic rings. The molecule has 0 amide bonds. The van der Waals surface area contributed by atoms with Gasteiger partial charge in [0, 0.05) is 12.3 Å². The molecule has 0 saturated heterocycles. The molecule has 15 heavy (non-hydrogen) atoms. The van der Waals surface area contributed by atoms with Crippen LogP contribution >= 0.6 is 0 Å². The first-order valence-electron chi connectivity index (χ1n) is 4.98. The molecular formula is C9H19NO4S. The van der Waals surface area contributed by atoms with Gasteiger partial charge in [-0.25, -0.2) is 8.42 Å². The molecule has 0 aromatic heterocycles. The monoisotopic (exact) mass is 237 g/mol. The topological polar surface area (TPSA) is 72.5 Å². The molecular weight excluding hydrogens is 218 g/mol. The summed E-state index contributed by atoms with van der Waals surface area (Å²) in [7, 11) is -1.66. The van der Waals surface area contributed by atoms with E-state index >= 15 is 0 Å². The number of nitrogens with one attached hydrogen (secondary N) is 1. The summed E-state index contributed by atoms with van der Waals surface area (Å²) in [5.41, 5.74) is 0. The van der Waals surface area contributed by atoms with Crippen LogP contribution in [0.15, 0.2) is 0 Å². The van der Waals surface area contributed by atoms with Crippen LogP contribution in [-0.2, 0) is 19.4 Å². The molecule has 0 aromatic rings. The summed E-state index contributed by atoms with van der Waals surface area (Å²) in [6.45, 7) is 3.72. The van der Waals surface area contributed by atoms with E-state index in [-0.39, 0.29) is 24.0 Å². The molecule has 0 radical (unpaired) electrons. The number of methoxy groups -OCH3 is 1. The molecule has 0 spiro atoms. The fraction of sp³-hybridized carbons (Fsp3) is 0.889. The van der Waals surface area contributed by atoms with Crippen molar-refractivity contribution in [2.24, 2.45) is 0 Å². The van der Waals surface area contributed by atoms with Gasteiger partial charge in [-0.15, -0.1) is 0 Å². The van der Waals surface area contributed by atoms with Crippen LogP contribution in [0, 0.1) is 0 Å². The Balaban J connectivity index is 3.98. The zero-order chi connectivity index (χ0) is 11.9. The van der Waals surface area contributed by atoms with E-state index in [1.54, 1.807) is 6.92 Å². The first-order chi connectivity index (χ1) is 6.96. The molecule has 1 unspecified atom stereocenters. The third-order valence-electron chi connectivity index (χ3n) is 2.14. The van der Waals surface area contributed by atoms with E-state index < -0.39 is 15.9 Å². The number of hydrogen-bond acceptors (Lipinski definition) is 5. The highest BCUT2D eigenvalue weighted by atomic mass is 32.2. The van der Waals surface area contributed by atoms with Gasteiger partial charge in [0.15, 0.2) is 9.84 Å². The van der Waals surface area contributed by atoms with Gasteiger partial charge in [0.05, 0.1) is 12.9 Å². The Hall–Kier alpha value is -0.620. The molecule has 1 N–H and O–H groups in total. The van der Waals surface area contributed by atoms with Gasteiger partial charge in [0.25, 0.3) is 0 Å². The summed E-state index contributed by atoms with van der Waals surface area (Å²) in [5.74, 6) is -0.174. The van der Waals surface area contributed by atoms with Crippen LogP contribution in [0.2, 0.25) is 0 Å². The van der Waals surface area contributed by atoms with Gasteiger partial charge in [-0.05, 0) is 6.42 Å². The van der Waals surface area contributed by atoms with E-state index in [1.165, 1.54) is 7.11 Å². The van der Waals surface area contributed by atoms with Gasteiger partial charge in [-0.2, -0.15) is 0 Å². The molecule has 0 rings (SSSR count). The number of sulfone groups is 1. The van der Waals surface area contributed by atoms with Crippen molar-refractivity contribution in [1.29, 1.82) is 0 Å². The molecule has 0 aromatic carbocycles. The number of carbonyl (C=O) groups is 1. The lowest BCUT2D eigenvalue weighted by molar-refractivity contribution is -0.143. The minimum absolute atomic E-state index is 0.0526. The number of hydrogen-bond donors (Lipinski definition) is 1. The first-order valence-corrected chi connectivity index (χ1v) is 6.80. The second-order valence-electron chi connectivity index (χ2n) is 3.17. The number of carbonyl (C=O) groups excluding carboxylic acids is 1. The van der Waals surface area contributed by atoms with Crippen molar-refractivity contribution in [3.8, 4) is 0 Å². The standard InChI is InChI=1S/C9H19NO4S/c1-4-8(9(11)14-3)10-6-7-15(12,13)5-2/h8,10H,4-7H2,1-3H3. The van der Waals surface area contributed by atoms with Crippen molar-refractivity contribution in [2.45, 2.75) is 26.3 Å². The Morgan fingerprint density at radius 3 is 2.40 bits per heavy atom. The summed E-state index contributed by atoms with van der Waals surface area (Å²) in [6.07, 6.45) is 0.582. The van der Waals surface area contributed by atoms with Gasteiger partial charge < -0.3 is 10.1 Å². The quantitative estimate of drug-likeness (QED) is 0.629. The maximum Gasteiger partial charge on any atom is 0.322 e. The SMILES string of the molecule is CCC(NCCS(=O)(=O)CC)C(=O)OC. The average Bonchev–Trinajstić information content (AvgIpc) is 2.23. The second kappa shape index (κ2) is 6.79. The van der Waals surface area contributed by atoms with Crippen LogP contribution in [0.3, 0.4) is 0 Å². The van der Waals surface area contributed by atoms with E-state index in [0.29, 0.717) is 6.42 Å². The largest absolute Gasteiger partial charge is 0.468 e. The minimum atomic E-state index is -2.97. The fourth-order valence-corrected chi connectivity index (χ4v) is 1.79. The fourth-order valence-electron chi connectivity index (χ4n) is 1.07. The molecule has 5 nitrogen and oxygen atoms in total. The van der Waals surface area contributed by atoms with E-state index in [1.807, 2.05) is 6.92 Å². The van der Waals surface area contributed by atoms with Crippen LogP contribution in [0.1, 0.15) is 20.3 Å². The lowest BCUT2D eigenvalue weighted by Gasteiger charge is -2.13. The summed E-state index contributed by atoms with van der Waals surface area (Å²) in [6, 6.07) is -0.415. The Morgan fingerprint density at radius 1 is 1.40 bits per heavy atom. The highest BCUT2D eigenvalue weighted by molar-refractivity contribution is 7.91. The van der Waals surface area contributed by atoms with Crippen molar-refractivity contribution in [1.82, 2.24) is 5.32 Å². The summed E-state index contributed by atoms with van der Waals surface area (Å²) < 4.78 is 26.9. The zero-order valence-corrected chi connectivity index (χ0v) is 10.3. The molecule has 0 aliphatic heterocycles. The Labute approximate surface area is 91.1 Å². The lowest BCUT2D eigenvalue weighted by atomic mass is 10.2. The average molecular weight is 237 g/mol. The highest BCUT2D eigenvalue weighted by Crippen LogP contribution is 1.94. The van der Waals surface area contributed by atoms with Crippen LogP contribution in [0.5, 0.6) is 0 Å². The predicted molar refractivity (Wildman–Crippen MR) is 58.4 cm³/mol. The molecule has 0 heterocycles. The molecule has 6 heteroatoms. The van der Waals surface area contributed by atoms with Gasteiger partial charge >= 0.3 is 5.97 Å². The van der Waals surface area contributed by atoms with Crippen molar-refractivity contribution in [2.75, 3.05) is 25.2 Å². The van der Waals surface area contributed by atoms with Gasteiger partial charge in [-0.3, -0.25) is 4.79 Å². The molecule has 0 aliphatic carbocycles. The van der Waals surface area contributed by atoms with E-state index in [4.69, 9.17) is 0 Å². The Morgan fingerprint density at radius 2 is 2.00 bits per heavy atom. The van der Waals surface area contributed by atoms with Gasteiger partial charge in [-0.1, -0.05) is 13.8 Å². The number of ether oxygens (including phenoxy) is 1. The smallest absolute Gasteiger partial charge is 0.322 e. The normalized spacial score (nSPS) is 13.5. The van der Waals surface area contributed by atoms with E-state index in [9.17, 15) is 13.2 Å². The third-order valence-corrected chi connectivity index (χ3v) is 3.84. The summed E-state index contributed by atoms with van der Waals surface area (Å²) in [4.78, 5) is 11.1. The van der Waals surface area contributed by atoms with Crippen LogP contribution in [0.4, 0.5) is 0 Å². The predicted octanol–water partition coefficient (Wildman–Crippen LogP) is -0.0377. The number of esters is 1. The van der Waals surface area contributed by atoms with Crippen LogP contribution in [-0.4, -0.2) is 45.6 Å².